The van der Waals surface area contributed by atoms with Gasteiger partial charge in [-0.1, -0.05) is 6.92 Å². The first-order chi connectivity index (χ1) is 5.52. The molecule has 0 aliphatic heterocycles. The molecule has 0 aliphatic rings. The van der Waals surface area contributed by atoms with Gasteiger partial charge in [-0.2, -0.15) is 5.26 Å². The van der Waals surface area contributed by atoms with Gasteiger partial charge in [0.15, 0.2) is 0 Å². The average Bonchev–Trinajstić information content (AvgIpc) is 2.00. The molecule has 0 amide bonds. The largest absolute Gasteiger partial charge is 0.329 e. The van der Waals surface area contributed by atoms with Gasteiger partial charge in [0.05, 0.1) is 18.3 Å². The van der Waals surface area contributed by atoms with Crippen molar-refractivity contribution in [3.8, 4) is 6.07 Å². The van der Waals surface area contributed by atoms with E-state index in [0.717, 1.165) is 0 Å². The minimum absolute atomic E-state index is 0.0597. The predicted octanol–water partition coefficient (Wildman–Crippen LogP) is 1.90. The maximum absolute atomic E-state index is 11.1. The molecule has 0 fully saturated rings. The van der Waals surface area contributed by atoms with Crippen LogP contribution in [0, 0.1) is 11.3 Å². The van der Waals surface area contributed by atoms with Crippen LogP contribution in [0.15, 0.2) is 0 Å². The quantitative estimate of drug-likeness (QED) is 0.673. The summed E-state index contributed by atoms with van der Waals surface area (Å²) in [5.74, 6) is 0. The van der Waals surface area contributed by atoms with Crippen molar-refractivity contribution in [2.45, 2.75) is 32.8 Å². The van der Waals surface area contributed by atoms with Crippen LogP contribution in [0.4, 0.5) is 0 Å². The third-order valence-corrected chi connectivity index (χ3v) is 2.90. The maximum atomic E-state index is 11.1. The number of hydrogen-bond acceptors (Lipinski definition) is 3. The molecule has 0 bridgehead atoms. The highest BCUT2D eigenvalue weighted by molar-refractivity contribution is 7.52. The van der Waals surface area contributed by atoms with E-state index in [-0.39, 0.29) is 18.7 Å². The van der Waals surface area contributed by atoms with E-state index < -0.39 is 7.60 Å². The van der Waals surface area contributed by atoms with Crippen molar-refractivity contribution in [1.29, 1.82) is 5.26 Å². The number of nitrogens with zero attached hydrogens (tertiary/aromatic N) is 1. The molecule has 0 heterocycles. The van der Waals surface area contributed by atoms with E-state index in [2.05, 4.69) is 0 Å². The van der Waals surface area contributed by atoms with Crippen molar-refractivity contribution in [1.82, 2.24) is 0 Å². The highest BCUT2D eigenvalue weighted by atomic mass is 31.2. The van der Waals surface area contributed by atoms with Crippen LogP contribution in [0.3, 0.4) is 0 Å². The molecule has 0 saturated heterocycles. The lowest BCUT2D eigenvalue weighted by molar-refractivity contribution is 0.186. The van der Waals surface area contributed by atoms with E-state index >= 15 is 0 Å². The summed E-state index contributed by atoms with van der Waals surface area (Å²) in [6.07, 6.45) is 0.453. The number of hydrogen-bond donors (Lipinski definition) is 1. The van der Waals surface area contributed by atoms with Crippen molar-refractivity contribution < 1.29 is 14.0 Å². The van der Waals surface area contributed by atoms with Gasteiger partial charge in [-0.15, -0.1) is 0 Å². The highest BCUT2D eigenvalue weighted by Crippen LogP contribution is 2.43. The van der Waals surface area contributed by atoms with E-state index in [4.69, 9.17) is 14.7 Å². The summed E-state index contributed by atoms with van der Waals surface area (Å²) < 4.78 is 16.0. The fourth-order valence-corrected chi connectivity index (χ4v) is 1.80. The number of nitriles is 1. The molecule has 0 aromatic heterocycles. The van der Waals surface area contributed by atoms with Gasteiger partial charge in [0, 0.05) is 6.42 Å². The van der Waals surface area contributed by atoms with Crippen LogP contribution < -0.4 is 0 Å². The van der Waals surface area contributed by atoms with Crippen molar-refractivity contribution in [3.05, 3.63) is 0 Å². The molecule has 2 atom stereocenters. The molecule has 0 radical (unpaired) electrons. The van der Waals surface area contributed by atoms with Crippen LogP contribution >= 0.6 is 7.60 Å². The summed E-state index contributed by atoms with van der Waals surface area (Å²) in [6.45, 7) is 3.60. The second-order valence-corrected chi connectivity index (χ2v) is 4.53. The third kappa shape index (κ3) is 5.31. The number of rotatable bonds is 5. The van der Waals surface area contributed by atoms with Gasteiger partial charge in [0.1, 0.15) is 0 Å². The molecule has 1 N–H and O–H groups in total. The SMILES string of the molecule is CCC(C)OP(=O)(O)CCC#N. The van der Waals surface area contributed by atoms with Crippen molar-refractivity contribution in [2.24, 2.45) is 0 Å². The zero-order valence-corrected chi connectivity index (χ0v) is 8.25. The summed E-state index contributed by atoms with van der Waals surface area (Å²) in [5, 5.41) is 8.18. The van der Waals surface area contributed by atoms with Crippen LogP contribution in [0.1, 0.15) is 26.7 Å². The molecule has 70 valence electrons. The predicted molar refractivity (Wildman–Crippen MR) is 45.8 cm³/mol. The Morgan fingerprint density at radius 2 is 2.33 bits per heavy atom. The molecule has 0 aromatic carbocycles. The average molecular weight is 191 g/mol. The highest BCUT2D eigenvalue weighted by Gasteiger charge is 2.20. The lowest BCUT2D eigenvalue weighted by Crippen LogP contribution is -2.05. The summed E-state index contributed by atoms with van der Waals surface area (Å²) in [5.41, 5.74) is 0. The van der Waals surface area contributed by atoms with E-state index in [1.165, 1.54) is 0 Å². The smallest absolute Gasteiger partial charge is 0.324 e. The normalized spacial score (nSPS) is 17.8. The molecular formula is C7H14NO3P. The molecule has 5 heteroatoms. The Bertz CT molecular complexity index is 211. The van der Waals surface area contributed by atoms with Gasteiger partial charge in [-0.25, -0.2) is 0 Å². The molecule has 0 saturated carbocycles. The molecule has 0 aromatic rings. The molecular weight excluding hydrogens is 177 g/mol. The first-order valence-corrected chi connectivity index (χ1v) is 5.65. The van der Waals surface area contributed by atoms with E-state index in [9.17, 15) is 4.57 Å². The van der Waals surface area contributed by atoms with Crippen LogP contribution in [-0.2, 0) is 9.09 Å². The van der Waals surface area contributed by atoms with Gasteiger partial charge in [0.25, 0.3) is 0 Å². The van der Waals surface area contributed by atoms with Gasteiger partial charge < -0.3 is 9.42 Å². The zero-order chi connectivity index (χ0) is 9.61. The molecule has 0 spiro atoms. The van der Waals surface area contributed by atoms with Crippen LogP contribution in [0.5, 0.6) is 0 Å². The van der Waals surface area contributed by atoms with Crippen LogP contribution in [-0.4, -0.2) is 17.2 Å². The Morgan fingerprint density at radius 1 is 1.75 bits per heavy atom. The lowest BCUT2D eigenvalue weighted by atomic mass is 10.3. The minimum atomic E-state index is -3.50. The second-order valence-electron chi connectivity index (χ2n) is 2.59. The van der Waals surface area contributed by atoms with Gasteiger partial charge in [0.2, 0.25) is 0 Å². The monoisotopic (exact) mass is 191 g/mol. The first-order valence-electron chi connectivity index (χ1n) is 3.89. The van der Waals surface area contributed by atoms with Gasteiger partial charge in [-0.05, 0) is 13.3 Å². The Morgan fingerprint density at radius 3 is 2.75 bits per heavy atom. The summed E-state index contributed by atoms with van der Waals surface area (Å²) in [6, 6.07) is 1.80. The zero-order valence-electron chi connectivity index (χ0n) is 7.36. The Hall–Kier alpha value is -0.360. The molecule has 12 heavy (non-hydrogen) atoms. The van der Waals surface area contributed by atoms with Crippen LogP contribution in [0.2, 0.25) is 0 Å². The van der Waals surface area contributed by atoms with Crippen molar-refractivity contribution in [2.75, 3.05) is 6.16 Å². The minimum Gasteiger partial charge on any atom is -0.324 e. The van der Waals surface area contributed by atoms with E-state index in [1.807, 2.05) is 6.92 Å². The lowest BCUT2D eigenvalue weighted by Gasteiger charge is -2.15. The maximum Gasteiger partial charge on any atom is 0.329 e. The Balaban J connectivity index is 3.88. The fraction of sp³-hybridized carbons (Fsp3) is 0.857. The van der Waals surface area contributed by atoms with E-state index in [1.54, 1.807) is 13.0 Å². The first kappa shape index (κ1) is 11.6. The van der Waals surface area contributed by atoms with Crippen molar-refractivity contribution >= 4 is 7.60 Å². The standard InChI is InChI=1S/C7H14NO3P/c1-3-7(2)11-12(9,10)6-4-5-8/h7H,3-4,6H2,1-2H3,(H,9,10). The second kappa shape index (κ2) is 5.31. The molecule has 0 aliphatic carbocycles. The molecule has 4 nitrogen and oxygen atoms in total. The summed E-state index contributed by atoms with van der Waals surface area (Å²) in [4.78, 5) is 9.13. The molecule has 2 unspecified atom stereocenters. The molecule has 0 rings (SSSR count). The third-order valence-electron chi connectivity index (χ3n) is 1.43. The van der Waals surface area contributed by atoms with Crippen molar-refractivity contribution in [3.63, 3.8) is 0 Å². The fourth-order valence-electron chi connectivity index (χ4n) is 0.600. The van der Waals surface area contributed by atoms with Gasteiger partial charge >= 0.3 is 7.60 Å². The summed E-state index contributed by atoms with van der Waals surface area (Å²) in [7, 11) is -3.50. The Labute approximate surface area is 72.7 Å². The topological polar surface area (TPSA) is 70.3 Å². The van der Waals surface area contributed by atoms with Crippen LogP contribution in [0.25, 0.3) is 0 Å². The summed E-state index contributed by atoms with van der Waals surface area (Å²) >= 11 is 0. The van der Waals surface area contributed by atoms with E-state index in [0.29, 0.717) is 6.42 Å². The Kier molecular flexibility index (Phi) is 5.16. The van der Waals surface area contributed by atoms with Gasteiger partial charge in [-0.3, -0.25) is 4.57 Å².